The van der Waals surface area contributed by atoms with Crippen LogP contribution in [0.1, 0.15) is 5.69 Å². The van der Waals surface area contributed by atoms with E-state index in [-0.39, 0.29) is 24.8 Å². The number of rotatable bonds is 4. The first kappa shape index (κ1) is 16.5. The van der Waals surface area contributed by atoms with Crippen LogP contribution in [0.5, 0.6) is 5.75 Å². The van der Waals surface area contributed by atoms with Crippen molar-refractivity contribution >= 4 is 30.5 Å². The Labute approximate surface area is 118 Å². The quantitative estimate of drug-likeness (QED) is 0.671. The minimum atomic E-state index is 0. The second-order valence-corrected chi connectivity index (χ2v) is 3.28. The minimum Gasteiger partial charge on any atom is -0.487 e. The summed E-state index contributed by atoms with van der Waals surface area (Å²) in [5.41, 5.74) is 4.32. The summed E-state index contributed by atoms with van der Waals surface area (Å²) in [5.74, 6) is 6.06. The van der Waals surface area contributed by atoms with Gasteiger partial charge in [0, 0.05) is 11.9 Å². The SMILES string of the molecule is Cl.Cl.NNc1ccc(OCc2ccccn2)cc1. The van der Waals surface area contributed by atoms with Crippen molar-refractivity contribution in [3.63, 3.8) is 0 Å². The average Bonchev–Trinajstić information content (AvgIpc) is 2.38. The molecule has 0 saturated heterocycles. The molecule has 98 valence electrons. The van der Waals surface area contributed by atoms with Gasteiger partial charge in [0.2, 0.25) is 0 Å². The lowest BCUT2D eigenvalue weighted by atomic mass is 10.3. The third-order valence-electron chi connectivity index (χ3n) is 2.13. The van der Waals surface area contributed by atoms with Crippen LogP contribution < -0.4 is 16.0 Å². The van der Waals surface area contributed by atoms with Crippen LogP contribution in [0.4, 0.5) is 5.69 Å². The Morgan fingerprint density at radius 2 is 1.78 bits per heavy atom. The summed E-state index contributed by atoms with van der Waals surface area (Å²) >= 11 is 0. The van der Waals surface area contributed by atoms with Crippen molar-refractivity contribution in [1.29, 1.82) is 0 Å². The number of hydrogen-bond acceptors (Lipinski definition) is 4. The molecule has 1 heterocycles. The molecule has 1 aromatic carbocycles. The second-order valence-electron chi connectivity index (χ2n) is 3.28. The molecule has 3 N–H and O–H groups in total. The van der Waals surface area contributed by atoms with Gasteiger partial charge in [0.25, 0.3) is 0 Å². The van der Waals surface area contributed by atoms with Gasteiger partial charge in [0.05, 0.1) is 5.69 Å². The lowest BCUT2D eigenvalue weighted by molar-refractivity contribution is 0.301. The monoisotopic (exact) mass is 287 g/mol. The van der Waals surface area contributed by atoms with Crippen molar-refractivity contribution in [2.45, 2.75) is 6.61 Å². The maximum atomic E-state index is 5.56. The third-order valence-corrected chi connectivity index (χ3v) is 2.13. The number of halogens is 2. The molecule has 2 aromatic rings. The summed E-state index contributed by atoms with van der Waals surface area (Å²) < 4.78 is 5.56. The highest BCUT2D eigenvalue weighted by Gasteiger charge is 1.96. The van der Waals surface area contributed by atoms with Gasteiger partial charge in [-0.25, -0.2) is 0 Å². The molecule has 18 heavy (non-hydrogen) atoms. The van der Waals surface area contributed by atoms with Gasteiger partial charge < -0.3 is 10.2 Å². The zero-order valence-corrected chi connectivity index (χ0v) is 11.2. The maximum absolute atomic E-state index is 5.56. The molecule has 0 aliphatic rings. The van der Waals surface area contributed by atoms with Gasteiger partial charge in [-0.1, -0.05) is 6.07 Å². The summed E-state index contributed by atoms with van der Waals surface area (Å²) in [6.07, 6.45) is 1.75. The zero-order chi connectivity index (χ0) is 11.2. The molecule has 0 spiro atoms. The Morgan fingerprint density at radius 3 is 2.33 bits per heavy atom. The van der Waals surface area contributed by atoms with Gasteiger partial charge >= 0.3 is 0 Å². The standard InChI is InChI=1S/C12H13N3O.2ClH/c13-15-10-4-6-12(7-5-10)16-9-11-3-1-2-8-14-11;;/h1-8,15H,9,13H2;2*1H. The molecular weight excluding hydrogens is 273 g/mol. The second kappa shape index (κ2) is 8.58. The van der Waals surface area contributed by atoms with E-state index in [9.17, 15) is 0 Å². The van der Waals surface area contributed by atoms with Crippen LogP contribution in [0.25, 0.3) is 0 Å². The van der Waals surface area contributed by atoms with Crippen LogP contribution in [0.3, 0.4) is 0 Å². The largest absolute Gasteiger partial charge is 0.487 e. The highest BCUT2D eigenvalue weighted by atomic mass is 35.5. The molecule has 0 radical (unpaired) electrons. The molecule has 0 saturated carbocycles. The predicted octanol–water partition coefficient (Wildman–Crippen LogP) is 2.79. The maximum Gasteiger partial charge on any atom is 0.130 e. The Kier molecular flexibility index (Phi) is 7.87. The summed E-state index contributed by atoms with van der Waals surface area (Å²) in [5, 5.41) is 0. The van der Waals surface area contributed by atoms with Gasteiger partial charge in [-0.2, -0.15) is 0 Å². The predicted molar refractivity (Wildman–Crippen MR) is 77.3 cm³/mol. The van der Waals surface area contributed by atoms with Crippen molar-refractivity contribution in [2.24, 2.45) is 5.84 Å². The molecule has 0 fully saturated rings. The average molecular weight is 288 g/mol. The molecule has 0 amide bonds. The van der Waals surface area contributed by atoms with E-state index in [1.165, 1.54) is 0 Å². The minimum absolute atomic E-state index is 0. The fourth-order valence-electron chi connectivity index (χ4n) is 1.29. The highest BCUT2D eigenvalue weighted by molar-refractivity contribution is 5.85. The lowest BCUT2D eigenvalue weighted by Crippen LogP contribution is -2.06. The number of nitrogens with one attached hydrogen (secondary N) is 1. The van der Waals surface area contributed by atoms with E-state index in [4.69, 9.17) is 10.6 Å². The van der Waals surface area contributed by atoms with E-state index in [0.29, 0.717) is 6.61 Å². The van der Waals surface area contributed by atoms with Crippen molar-refractivity contribution in [3.8, 4) is 5.75 Å². The molecule has 0 unspecified atom stereocenters. The van der Waals surface area contributed by atoms with Gasteiger partial charge in [-0.15, -0.1) is 24.8 Å². The number of anilines is 1. The number of nitrogens with zero attached hydrogens (tertiary/aromatic N) is 1. The molecular formula is C12H15Cl2N3O. The van der Waals surface area contributed by atoms with E-state index in [1.807, 2.05) is 42.5 Å². The number of nitrogens with two attached hydrogens (primary N) is 1. The molecule has 4 nitrogen and oxygen atoms in total. The topological polar surface area (TPSA) is 60.2 Å². The number of benzene rings is 1. The number of aromatic nitrogens is 1. The van der Waals surface area contributed by atoms with Gasteiger partial charge in [0.15, 0.2) is 0 Å². The molecule has 0 atom stereocenters. The molecule has 6 heteroatoms. The molecule has 0 aliphatic heterocycles. The van der Waals surface area contributed by atoms with Crippen LogP contribution in [-0.2, 0) is 6.61 Å². The molecule has 0 bridgehead atoms. The third kappa shape index (κ3) is 4.79. The fraction of sp³-hybridized carbons (Fsp3) is 0.0833. The molecule has 1 aromatic heterocycles. The summed E-state index contributed by atoms with van der Waals surface area (Å²) in [4.78, 5) is 4.17. The summed E-state index contributed by atoms with van der Waals surface area (Å²) in [6.45, 7) is 0.468. The Balaban J connectivity index is 0.00000144. The van der Waals surface area contributed by atoms with Crippen LogP contribution >= 0.6 is 24.8 Å². The van der Waals surface area contributed by atoms with Crippen LogP contribution in [0.15, 0.2) is 48.7 Å². The Morgan fingerprint density at radius 1 is 1.06 bits per heavy atom. The van der Waals surface area contributed by atoms with Crippen LogP contribution in [-0.4, -0.2) is 4.98 Å². The Bertz CT molecular complexity index is 437. The van der Waals surface area contributed by atoms with Gasteiger partial charge in [0.1, 0.15) is 12.4 Å². The van der Waals surface area contributed by atoms with E-state index in [0.717, 1.165) is 17.1 Å². The number of hydrogen-bond donors (Lipinski definition) is 2. The number of ether oxygens (including phenoxy) is 1. The highest BCUT2D eigenvalue weighted by Crippen LogP contribution is 2.15. The molecule has 0 aliphatic carbocycles. The van der Waals surface area contributed by atoms with Crippen molar-refractivity contribution < 1.29 is 4.74 Å². The smallest absolute Gasteiger partial charge is 0.130 e. The van der Waals surface area contributed by atoms with E-state index in [1.54, 1.807) is 6.20 Å². The Hall–Kier alpha value is -1.49. The lowest BCUT2D eigenvalue weighted by Gasteiger charge is -2.06. The van der Waals surface area contributed by atoms with Crippen LogP contribution in [0, 0.1) is 0 Å². The van der Waals surface area contributed by atoms with E-state index in [2.05, 4.69) is 10.4 Å². The van der Waals surface area contributed by atoms with Gasteiger partial charge in [-0.05, 0) is 36.4 Å². The van der Waals surface area contributed by atoms with Gasteiger partial charge in [-0.3, -0.25) is 10.8 Å². The van der Waals surface area contributed by atoms with Crippen molar-refractivity contribution in [1.82, 2.24) is 4.98 Å². The number of pyridine rings is 1. The first-order valence-electron chi connectivity index (χ1n) is 4.98. The first-order chi connectivity index (χ1) is 7.88. The fourth-order valence-corrected chi connectivity index (χ4v) is 1.29. The van der Waals surface area contributed by atoms with E-state index < -0.39 is 0 Å². The zero-order valence-electron chi connectivity index (χ0n) is 9.58. The van der Waals surface area contributed by atoms with Crippen LogP contribution in [0.2, 0.25) is 0 Å². The van der Waals surface area contributed by atoms with Crippen molar-refractivity contribution in [2.75, 3.05) is 5.43 Å². The van der Waals surface area contributed by atoms with E-state index >= 15 is 0 Å². The number of nitrogen functional groups attached to an aromatic ring is 1. The summed E-state index contributed by atoms with van der Waals surface area (Å²) in [6, 6.07) is 13.2. The normalized spacial score (nSPS) is 8.72. The molecule has 2 rings (SSSR count). The van der Waals surface area contributed by atoms with Crippen molar-refractivity contribution in [3.05, 3.63) is 54.4 Å². The number of hydrazine groups is 1. The first-order valence-corrected chi connectivity index (χ1v) is 4.98. The summed E-state index contributed by atoms with van der Waals surface area (Å²) in [7, 11) is 0.